The molecule has 0 radical (unpaired) electrons. The van der Waals surface area contributed by atoms with Crippen molar-refractivity contribution >= 4 is 39.5 Å². The molecule has 2 amide bonds. The maximum atomic E-state index is 12.6. The van der Waals surface area contributed by atoms with Crippen LogP contribution in [-0.2, 0) is 16.1 Å². The molecule has 0 fully saturated rings. The highest BCUT2D eigenvalue weighted by atomic mass is 79.9. The molecule has 3 aromatic carbocycles. The molecule has 190 valence electrons. The fourth-order valence-corrected chi connectivity index (χ4v) is 3.85. The topological polar surface area (TPSA) is 110 Å². The van der Waals surface area contributed by atoms with Crippen molar-refractivity contribution in [2.75, 3.05) is 25.6 Å². The Balaban J connectivity index is 1.70. The van der Waals surface area contributed by atoms with Gasteiger partial charge in [-0.1, -0.05) is 30.3 Å². The van der Waals surface area contributed by atoms with Crippen molar-refractivity contribution in [3.05, 3.63) is 87.9 Å². The summed E-state index contributed by atoms with van der Waals surface area (Å²) in [6.45, 7) is 2.20. The Morgan fingerprint density at radius 3 is 2.43 bits per heavy atom. The van der Waals surface area contributed by atoms with E-state index in [1.54, 1.807) is 43.5 Å². The molecule has 0 spiro atoms. The lowest BCUT2D eigenvalue weighted by Gasteiger charge is -2.15. The molecule has 0 bridgehead atoms. The van der Waals surface area contributed by atoms with E-state index in [-0.39, 0.29) is 18.1 Å². The fourth-order valence-electron chi connectivity index (χ4n) is 3.27. The van der Waals surface area contributed by atoms with Crippen molar-refractivity contribution in [1.82, 2.24) is 5.32 Å². The van der Waals surface area contributed by atoms with Gasteiger partial charge in [0.05, 0.1) is 18.2 Å². The Morgan fingerprint density at radius 2 is 1.78 bits per heavy atom. The van der Waals surface area contributed by atoms with E-state index in [0.717, 1.165) is 5.56 Å². The highest BCUT2D eigenvalue weighted by Crippen LogP contribution is 2.37. The van der Waals surface area contributed by atoms with E-state index >= 15 is 0 Å². The Kier molecular flexibility index (Phi) is 10.1. The zero-order valence-corrected chi connectivity index (χ0v) is 22.0. The SMILES string of the molecule is CCOc1cc(/C=C(\C#N)C(=O)NCc2ccccc2)cc(Br)c1OCC(=O)Nc1ccc(OC)cc1. The largest absolute Gasteiger partial charge is 0.497 e. The average molecular weight is 564 g/mol. The van der Waals surface area contributed by atoms with Crippen LogP contribution < -0.4 is 24.8 Å². The van der Waals surface area contributed by atoms with E-state index in [2.05, 4.69) is 26.6 Å². The number of carbonyl (C=O) groups excluding carboxylic acids is 2. The minimum Gasteiger partial charge on any atom is -0.497 e. The van der Waals surface area contributed by atoms with E-state index in [4.69, 9.17) is 14.2 Å². The Bertz CT molecular complexity index is 1300. The van der Waals surface area contributed by atoms with Crippen LogP contribution in [0.2, 0.25) is 0 Å². The van der Waals surface area contributed by atoms with E-state index in [1.165, 1.54) is 6.08 Å². The van der Waals surface area contributed by atoms with Crippen LogP contribution in [0, 0.1) is 11.3 Å². The molecule has 0 unspecified atom stereocenters. The number of rotatable bonds is 11. The molecule has 2 N–H and O–H groups in total. The summed E-state index contributed by atoms with van der Waals surface area (Å²) in [4.78, 5) is 25.0. The molecule has 0 aliphatic rings. The van der Waals surface area contributed by atoms with Gasteiger partial charge in [0.2, 0.25) is 0 Å². The number of nitrogens with one attached hydrogen (secondary N) is 2. The third-order valence-electron chi connectivity index (χ3n) is 5.03. The molecule has 0 heterocycles. The highest BCUT2D eigenvalue weighted by molar-refractivity contribution is 9.10. The molecule has 0 atom stereocenters. The smallest absolute Gasteiger partial charge is 0.262 e. The van der Waals surface area contributed by atoms with Crippen LogP contribution >= 0.6 is 15.9 Å². The van der Waals surface area contributed by atoms with Gasteiger partial charge in [0, 0.05) is 12.2 Å². The van der Waals surface area contributed by atoms with Gasteiger partial charge in [-0.05, 0) is 76.5 Å². The number of benzene rings is 3. The minimum absolute atomic E-state index is 0.0576. The number of amides is 2. The van der Waals surface area contributed by atoms with Gasteiger partial charge in [0.25, 0.3) is 11.8 Å². The molecule has 0 aliphatic carbocycles. The lowest BCUT2D eigenvalue weighted by atomic mass is 10.1. The number of halogens is 1. The van der Waals surface area contributed by atoms with Crippen molar-refractivity contribution in [1.29, 1.82) is 5.26 Å². The molecule has 37 heavy (non-hydrogen) atoms. The molecule has 3 aromatic rings. The first-order valence-corrected chi connectivity index (χ1v) is 12.2. The zero-order chi connectivity index (χ0) is 26.6. The van der Waals surface area contributed by atoms with Crippen molar-refractivity contribution in [3.63, 3.8) is 0 Å². The van der Waals surface area contributed by atoms with Crippen LogP contribution in [0.1, 0.15) is 18.1 Å². The summed E-state index contributed by atoms with van der Waals surface area (Å²) in [5.41, 5.74) is 2.02. The van der Waals surface area contributed by atoms with Crippen LogP contribution in [0.15, 0.2) is 76.8 Å². The average Bonchev–Trinajstić information content (AvgIpc) is 2.91. The quantitative estimate of drug-likeness (QED) is 0.248. The van der Waals surface area contributed by atoms with Crippen LogP contribution in [0.4, 0.5) is 5.69 Å². The summed E-state index contributed by atoms with van der Waals surface area (Å²) in [5, 5.41) is 15.0. The van der Waals surface area contributed by atoms with Gasteiger partial charge >= 0.3 is 0 Å². The first-order valence-electron chi connectivity index (χ1n) is 11.4. The highest BCUT2D eigenvalue weighted by Gasteiger charge is 2.16. The second-order valence-electron chi connectivity index (χ2n) is 7.67. The normalized spacial score (nSPS) is 10.7. The summed E-state index contributed by atoms with van der Waals surface area (Å²) in [7, 11) is 1.57. The first-order chi connectivity index (χ1) is 17.9. The van der Waals surface area contributed by atoms with Gasteiger partial charge < -0.3 is 24.8 Å². The summed E-state index contributed by atoms with van der Waals surface area (Å²) in [5.74, 6) is 0.529. The van der Waals surface area contributed by atoms with Crippen molar-refractivity contribution in [2.45, 2.75) is 13.5 Å². The molecular weight excluding hydrogens is 538 g/mol. The number of nitrogens with zero attached hydrogens (tertiary/aromatic N) is 1. The Morgan fingerprint density at radius 1 is 1.05 bits per heavy atom. The molecule has 0 aromatic heterocycles. The Labute approximate surface area is 224 Å². The summed E-state index contributed by atoms with van der Waals surface area (Å²) >= 11 is 3.45. The van der Waals surface area contributed by atoms with E-state index < -0.39 is 5.91 Å². The lowest BCUT2D eigenvalue weighted by Crippen LogP contribution is -2.23. The number of hydrogen-bond donors (Lipinski definition) is 2. The number of ether oxygens (including phenoxy) is 3. The van der Waals surface area contributed by atoms with Crippen LogP contribution in [0.5, 0.6) is 17.2 Å². The minimum atomic E-state index is -0.490. The summed E-state index contributed by atoms with van der Waals surface area (Å²) < 4.78 is 17.1. The third-order valence-corrected chi connectivity index (χ3v) is 5.61. The summed E-state index contributed by atoms with van der Waals surface area (Å²) in [6, 6.07) is 21.6. The molecule has 3 rings (SSSR count). The molecule has 8 nitrogen and oxygen atoms in total. The number of nitriles is 1. The van der Waals surface area contributed by atoms with E-state index in [9.17, 15) is 14.9 Å². The maximum Gasteiger partial charge on any atom is 0.262 e. The number of methoxy groups -OCH3 is 1. The van der Waals surface area contributed by atoms with Gasteiger partial charge in [0.15, 0.2) is 18.1 Å². The van der Waals surface area contributed by atoms with Gasteiger partial charge in [-0.2, -0.15) is 5.26 Å². The first kappa shape index (κ1) is 27.3. The fraction of sp³-hybridized carbons (Fsp3) is 0.179. The molecule has 0 saturated carbocycles. The van der Waals surface area contributed by atoms with E-state index in [1.807, 2.05) is 43.3 Å². The van der Waals surface area contributed by atoms with Gasteiger partial charge in [0.1, 0.15) is 17.4 Å². The predicted molar refractivity (Wildman–Crippen MR) is 144 cm³/mol. The Hall–Kier alpha value is -4.29. The summed E-state index contributed by atoms with van der Waals surface area (Å²) in [6.07, 6.45) is 1.47. The maximum absolute atomic E-state index is 12.6. The third kappa shape index (κ3) is 8.12. The van der Waals surface area contributed by atoms with Crippen molar-refractivity contribution < 1.29 is 23.8 Å². The van der Waals surface area contributed by atoms with Crippen LogP contribution in [0.25, 0.3) is 6.08 Å². The van der Waals surface area contributed by atoms with Gasteiger partial charge in [-0.25, -0.2) is 0 Å². The van der Waals surface area contributed by atoms with Crippen molar-refractivity contribution in [3.8, 4) is 23.3 Å². The second-order valence-corrected chi connectivity index (χ2v) is 8.52. The number of carbonyl (C=O) groups is 2. The number of anilines is 1. The molecule has 0 saturated heterocycles. The van der Waals surface area contributed by atoms with Crippen molar-refractivity contribution in [2.24, 2.45) is 0 Å². The van der Waals surface area contributed by atoms with Crippen LogP contribution in [-0.4, -0.2) is 32.1 Å². The standard InChI is InChI=1S/C28H26BrN3O5/c1-3-36-25-15-20(13-21(16-30)28(34)31-17-19-7-5-4-6-8-19)14-24(29)27(25)37-18-26(33)32-22-9-11-23(35-2)12-10-22/h4-15H,3,17-18H2,1-2H3,(H,31,34)(H,32,33)/b21-13+. The predicted octanol–water partition coefficient (Wildman–Crippen LogP) is 5.10. The van der Waals surface area contributed by atoms with Gasteiger partial charge in [-0.15, -0.1) is 0 Å². The molecule has 0 aliphatic heterocycles. The van der Waals surface area contributed by atoms with E-state index in [0.29, 0.717) is 46.1 Å². The molecule has 9 heteroatoms. The van der Waals surface area contributed by atoms with Crippen LogP contribution in [0.3, 0.4) is 0 Å². The lowest BCUT2D eigenvalue weighted by molar-refractivity contribution is -0.118. The van der Waals surface area contributed by atoms with Gasteiger partial charge in [-0.3, -0.25) is 9.59 Å². The zero-order valence-electron chi connectivity index (χ0n) is 20.4. The monoisotopic (exact) mass is 563 g/mol. The molecular formula is C28H26BrN3O5. The number of hydrogen-bond acceptors (Lipinski definition) is 6. The second kappa shape index (κ2) is 13.7.